The van der Waals surface area contributed by atoms with Crippen LogP contribution in [0.25, 0.3) is 10.8 Å². The number of carbonyl (C=O) groups excluding carboxylic acids is 1. The van der Waals surface area contributed by atoms with Gasteiger partial charge in [-0.25, -0.2) is 0 Å². The predicted molar refractivity (Wildman–Crippen MR) is 77.9 cm³/mol. The fraction of sp³-hybridized carbons (Fsp3) is 0.333. The molecule has 1 saturated heterocycles. The number of nitrogens with one attached hydrogen (secondary N) is 2. The highest BCUT2D eigenvalue weighted by Crippen LogP contribution is 2.12. The van der Waals surface area contributed by atoms with Gasteiger partial charge in [0.1, 0.15) is 5.69 Å². The third-order valence-electron chi connectivity index (χ3n) is 3.64. The van der Waals surface area contributed by atoms with Gasteiger partial charge in [0.2, 0.25) is 0 Å². The second-order valence-electron chi connectivity index (χ2n) is 5.21. The van der Waals surface area contributed by atoms with Gasteiger partial charge in [0.25, 0.3) is 11.5 Å². The van der Waals surface area contributed by atoms with Crippen LogP contribution in [0.4, 0.5) is 0 Å². The molecule has 0 radical (unpaired) electrons. The summed E-state index contributed by atoms with van der Waals surface area (Å²) in [5.74, 6) is -0.110. The van der Waals surface area contributed by atoms with Crippen LogP contribution in [0.1, 0.15) is 17.4 Å². The Bertz CT molecular complexity index is 708. The molecule has 3 rings (SSSR count). The number of piperazine rings is 1. The maximum atomic E-state index is 12.5. The Morgan fingerprint density at radius 2 is 2.15 bits per heavy atom. The molecule has 104 valence electrons. The van der Waals surface area contributed by atoms with Crippen LogP contribution in [0.15, 0.2) is 35.1 Å². The molecule has 1 amide bonds. The highest BCUT2D eigenvalue weighted by Gasteiger charge is 2.22. The SMILES string of the molecule is CC1CN(C(=O)c2cc3ccccc3c(=O)[nH]2)CCN1. The van der Waals surface area contributed by atoms with Gasteiger partial charge < -0.3 is 15.2 Å². The van der Waals surface area contributed by atoms with Gasteiger partial charge in [0, 0.05) is 31.1 Å². The zero-order chi connectivity index (χ0) is 14.1. The van der Waals surface area contributed by atoms with E-state index in [0.29, 0.717) is 24.2 Å². The van der Waals surface area contributed by atoms with Crippen molar-refractivity contribution in [1.82, 2.24) is 15.2 Å². The summed E-state index contributed by atoms with van der Waals surface area (Å²) in [6.45, 7) is 4.15. The second kappa shape index (κ2) is 5.09. The normalized spacial score (nSPS) is 19.2. The van der Waals surface area contributed by atoms with Crippen molar-refractivity contribution in [3.05, 3.63) is 46.4 Å². The van der Waals surface area contributed by atoms with Gasteiger partial charge in [-0.3, -0.25) is 9.59 Å². The molecule has 0 saturated carbocycles. The molecule has 1 fully saturated rings. The molecular formula is C15H17N3O2. The van der Waals surface area contributed by atoms with Crippen LogP contribution in [0.5, 0.6) is 0 Å². The number of carbonyl (C=O) groups is 1. The molecule has 2 aromatic rings. The molecule has 0 spiro atoms. The standard InChI is InChI=1S/C15H17N3O2/c1-10-9-18(7-6-16-10)15(20)13-8-11-4-2-3-5-12(11)14(19)17-13/h2-5,8,10,16H,6-7,9H2,1H3,(H,17,19). The predicted octanol–water partition coefficient (Wildman–Crippen LogP) is 0.962. The van der Waals surface area contributed by atoms with Crippen molar-refractivity contribution in [2.75, 3.05) is 19.6 Å². The Kier molecular flexibility index (Phi) is 3.28. The van der Waals surface area contributed by atoms with Gasteiger partial charge in [-0.1, -0.05) is 18.2 Å². The molecule has 1 aliphatic heterocycles. The summed E-state index contributed by atoms with van der Waals surface area (Å²) in [7, 11) is 0. The maximum absolute atomic E-state index is 12.5. The minimum absolute atomic E-state index is 0.110. The number of amides is 1. The number of aromatic nitrogens is 1. The molecule has 0 bridgehead atoms. The molecule has 1 atom stereocenters. The fourth-order valence-corrected chi connectivity index (χ4v) is 2.61. The minimum atomic E-state index is -0.213. The number of aromatic amines is 1. The highest BCUT2D eigenvalue weighted by molar-refractivity contribution is 5.96. The van der Waals surface area contributed by atoms with Gasteiger partial charge in [-0.15, -0.1) is 0 Å². The molecule has 1 aromatic heterocycles. The van der Waals surface area contributed by atoms with Gasteiger partial charge in [-0.05, 0) is 24.4 Å². The number of nitrogens with zero attached hydrogens (tertiary/aromatic N) is 1. The first-order valence-corrected chi connectivity index (χ1v) is 6.80. The van der Waals surface area contributed by atoms with Crippen LogP contribution in [-0.4, -0.2) is 41.5 Å². The van der Waals surface area contributed by atoms with E-state index in [2.05, 4.69) is 10.3 Å². The van der Waals surface area contributed by atoms with Gasteiger partial charge in [0.05, 0.1) is 0 Å². The Hall–Kier alpha value is -2.14. The molecule has 0 aliphatic carbocycles. The first-order valence-electron chi connectivity index (χ1n) is 6.80. The van der Waals surface area contributed by atoms with Crippen molar-refractivity contribution in [2.24, 2.45) is 0 Å². The monoisotopic (exact) mass is 271 g/mol. The Morgan fingerprint density at radius 3 is 2.95 bits per heavy atom. The van der Waals surface area contributed by atoms with Crippen LogP contribution in [0.3, 0.4) is 0 Å². The molecule has 1 aromatic carbocycles. The summed E-state index contributed by atoms with van der Waals surface area (Å²) >= 11 is 0. The summed E-state index contributed by atoms with van der Waals surface area (Å²) in [6, 6.07) is 9.32. The lowest BCUT2D eigenvalue weighted by Crippen LogP contribution is -2.51. The number of fused-ring (bicyclic) bond motifs is 1. The fourth-order valence-electron chi connectivity index (χ4n) is 2.61. The lowest BCUT2D eigenvalue weighted by Gasteiger charge is -2.31. The van der Waals surface area contributed by atoms with Crippen molar-refractivity contribution in [3.63, 3.8) is 0 Å². The Balaban J connectivity index is 1.97. The lowest BCUT2D eigenvalue weighted by molar-refractivity contribution is 0.0703. The topological polar surface area (TPSA) is 65.2 Å². The Labute approximate surface area is 116 Å². The van der Waals surface area contributed by atoms with Gasteiger partial charge >= 0.3 is 0 Å². The second-order valence-corrected chi connectivity index (χ2v) is 5.21. The largest absolute Gasteiger partial charge is 0.335 e. The van der Waals surface area contributed by atoms with E-state index in [1.807, 2.05) is 25.1 Å². The first-order chi connectivity index (χ1) is 9.65. The maximum Gasteiger partial charge on any atom is 0.270 e. The molecular weight excluding hydrogens is 254 g/mol. The molecule has 5 nitrogen and oxygen atoms in total. The zero-order valence-electron chi connectivity index (χ0n) is 11.3. The zero-order valence-corrected chi connectivity index (χ0v) is 11.3. The van der Waals surface area contributed by atoms with E-state index in [0.717, 1.165) is 11.9 Å². The van der Waals surface area contributed by atoms with Crippen LogP contribution in [-0.2, 0) is 0 Å². The molecule has 20 heavy (non-hydrogen) atoms. The van der Waals surface area contributed by atoms with Crippen LogP contribution in [0, 0.1) is 0 Å². The smallest absolute Gasteiger partial charge is 0.270 e. The number of benzene rings is 1. The third kappa shape index (κ3) is 2.32. The van der Waals surface area contributed by atoms with Crippen molar-refractivity contribution in [2.45, 2.75) is 13.0 Å². The number of rotatable bonds is 1. The van der Waals surface area contributed by atoms with E-state index in [9.17, 15) is 9.59 Å². The highest BCUT2D eigenvalue weighted by atomic mass is 16.2. The number of hydrogen-bond donors (Lipinski definition) is 2. The van der Waals surface area contributed by atoms with Crippen LogP contribution < -0.4 is 10.9 Å². The van der Waals surface area contributed by atoms with Gasteiger partial charge in [-0.2, -0.15) is 0 Å². The summed E-state index contributed by atoms with van der Waals surface area (Å²) < 4.78 is 0. The number of hydrogen-bond acceptors (Lipinski definition) is 3. The van der Waals surface area contributed by atoms with E-state index >= 15 is 0 Å². The summed E-state index contributed by atoms with van der Waals surface area (Å²) in [5.41, 5.74) is 0.150. The van der Waals surface area contributed by atoms with Crippen molar-refractivity contribution in [3.8, 4) is 0 Å². The molecule has 2 heterocycles. The number of H-pyrrole nitrogens is 1. The summed E-state index contributed by atoms with van der Waals surface area (Å²) in [5, 5.41) is 4.70. The van der Waals surface area contributed by atoms with Crippen LogP contribution >= 0.6 is 0 Å². The minimum Gasteiger partial charge on any atom is -0.335 e. The quantitative estimate of drug-likeness (QED) is 0.812. The van der Waals surface area contributed by atoms with Crippen molar-refractivity contribution < 1.29 is 4.79 Å². The van der Waals surface area contributed by atoms with Crippen molar-refractivity contribution >= 4 is 16.7 Å². The van der Waals surface area contributed by atoms with Crippen LogP contribution in [0.2, 0.25) is 0 Å². The van der Waals surface area contributed by atoms with E-state index in [1.165, 1.54) is 0 Å². The Morgan fingerprint density at radius 1 is 1.35 bits per heavy atom. The molecule has 1 aliphatic rings. The van der Waals surface area contributed by atoms with E-state index in [4.69, 9.17) is 0 Å². The van der Waals surface area contributed by atoms with E-state index < -0.39 is 0 Å². The third-order valence-corrected chi connectivity index (χ3v) is 3.64. The number of pyridine rings is 1. The van der Waals surface area contributed by atoms with E-state index in [-0.39, 0.29) is 17.5 Å². The summed E-state index contributed by atoms with van der Waals surface area (Å²) in [6.07, 6.45) is 0. The molecule has 5 heteroatoms. The van der Waals surface area contributed by atoms with Crippen molar-refractivity contribution in [1.29, 1.82) is 0 Å². The van der Waals surface area contributed by atoms with E-state index in [1.54, 1.807) is 17.0 Å². The lowest BCUT2D eigenvalue weighted by atomic mass is 10.1. The average molecular weight is 271 g/mol. The first kappa shape index (κ1) is 12.9. The average Bonchev–Trinajstić information content (AvgIpc) is 2.46. The molecule has 2 N–H and O–H groups in total. The summed E-state index contributed by atoms with van der Waals surface area (Å²) in [4.78, 5) is 29.0. The van der Waals surface area contributed by atoms with Gasteiger partial charge in [0.15, 0.2) is 0 Å². The molecule has 1 unspecified atom stereocenters.